The Morgan fingerprint density at radius 1 is 1.07 bits per heavy atom. The summed E-state index contributed by atoms with van der Waals surface area (Å²) in [4.78, 5) is 12.3. The van der Waals surface area contributed by atoms with Crippen LogP contribution in [0.15, 0.2) is 36.4 Å². The lowest BCUT2D eigenvalue weighted by Gasteiger charge is -2.15. The number of hydrogen-bond donors (Lipinski definition) is 1. The fourth-order valence-corrected chi connectivity index (χ4v) is 2.51. The third-order valence-corrected chi connectivity index (χ3v) is 4.21. The van der Waals surface area contributed by atoms with Crippen molar-refractivity contribution in [2.24, 2.45) is 0 Å². The number of carbonyl (C=O) groups excluding carboxylic acids is 1. The fraction of sp³-hybridized carbons (Fsp3) is 0.278. The van der Waals surface area contributed by atoms with Crippen molar-refractivity contribution in [2.45, 2.75) is 12.6 Å². The monoisotopic (exact) mass is 421 g/mol. The molecule has 0 fully saturated rings. The predicted octanol–water partition coefficient (Wildman–Crippen LogP) is 5.22. The van der Waals surface area contributed by atoms with Gasteiger partial charge in [-0.05, 0) is 35.9 Å². The Balaban J connectivity index is 2.19. The molecule has 0 aliphatic carbocycles. The fourth-order valence-electron chi connectivity index (χ4n) is 2.19. The van der Waals surface area contributed by atoms with E-state index in [2.05, 4.69) is 5.32 Å². The van der Waals surface area contributed by atoms with E-state index in [1.165, 1.54) is 19.2 Å². The number of amides is 1. The van der Waals surface area contributed by atoms with E-state index in [-0.39, 0.29) is 36.1 Å². The summed E-state index contributed by atoms with van der Waals surface area (Å²) < 4.78 is 49.1. The van der Waals surface area contributed by atoms with Crippen LogP contribution in [0.5, 0.6) is 5.75 Å². The first-order valence-corrected chi connectivity index (χ1v) is 8.53. The van der Waals surface area contributed by atoms with Gasteiger partial charge in [0, 0.05) is 7.11 Å². The number of methoxy groups -OCH3 is 1. The zero-order valence-corrected chi connectivity index (χ0v) is 15.7. The van der Waals surface area contributed by atoms with Crippen LogP contribution in [-0.4, -0.2) is 26.2 Å². The standard InChI is InChI=1S/C18H16Cl2F3NO3/c1-26-6-7-27-16-5-3-12(18(21,22)23)10-15(16)24-17(25)9-11-2-4-13(19)14(20)8-11/h2-5,8,10H,6-7,9H2,1H3,(H,24,25). The summed E-state index contributed by atoms with van der Waals surface area (Å²) in [6.45, 7) is 0.370. The summed E-state index contributed by atoms with van der Waals surface area (Å²) in [7, 11) is 1.47. The summed E-state index contributed by atoms with van der Waals surface area (Å²) >= 11 is 11.7. The molecule has 0 bridgehead atoms. The van der Waals surface area contributed by atoms with E-state index in [0.29, 0.717) is 10.6 Å². The Morgan fingerprint density at radius 3 is 2.44 bits per heavy atom. The molecule has 0 aliphatic heterocycles. The molecule has 2 rings (SSSR count). The van der Waals surface area contributed by atoms with Gasteiger partial charge in [0.1, 0.15) is 12.4 Å². The van der Waals surface area contributed by atoms with E-state index >= 15 is 0 Å². The Hall–Kier alpha value is -1.96. The molecule has 0 atom stereocenters. The van der Waals surface area contributed by atoms with Crippen LogP contribution in [0.2, 0.25) is 10.0 Å². The third-order valence-electron chi connectivity index (χ3n) is 3.47. The van der Waals surface area contributed by atoms with Gasteiger partial charge in [-0.1, -0.05) is 29.3 Å². The minimum absolute atomic E-state index is 0.0778. The van der Waals surface area contributed by atoms with Gasteiger partial charge in [-0.25, -0.2) is 0 Å². The number of anilines is 1. The number of benzene rings is 2. The minimum Gasteiger partial charge on any atom is -0.489 e. The molecule has 0 saturated carbocycles. The third kappa shape index (κ3) is 6.30. The average molecular weight is 422 g/mol. The largest absolute Gasteiger partial charge is 0.489 e. The van der Waals surface area contributed by atoms with Crippen LogP contribution in [-0.2, 0) is 22.1 Å². The number of hydrogen-bond acceptors (Lipinski definition) is 3. The molecule has 27 heavy (non-hydrogen) atoms. The molecular weight excluding hydrogens is 406 g/mol. The summed E-state index contributed by atoms with van der Waals surface area (Å²) in [5.74, 6) is -0.410. The highest BCUT2D eigenvalue weighted by Gasteiger charge is 2.31. The second-order valence-electron chi connectivity index (χ2n) is 5.52. The molecule has 0 aromatic heterocycles. The first kappa shape index (κ1) is 21.3. The Labute approximate surface area is 164 Å². The maximum Gasteiger partial charge on any atom is 0.416 e. The van der Waals surface area contributed by atoms with Crippen molar-refractivity contribution in [2.75, 3.05) is 25.6 Å². The molecule has 1 amide bonds. The van der Waals surface area contributed by atoms with E-state index in [1.54, 1.807) is 6.07 Å². The SMILES string of the molecule is COCCOc1ccc(C(F)(F)F)cc1NC(=O)Cc1ccc(Cl)c(Cl)c1. The first-order chi connectivity index (χ1) is 12.7. The topological polar surface area (TPSA) is 47.6 Å². The van der Waals surface area contributed by atoms with Crippen LogP contribution in [0.25, 0.3) is 0 Å². The Kier molecular flexibility index (Phi) is 7.35. The number of halogens is 5. The quantitative estimate of drug-likeness (QED) is 0.623. The van der Waals surface area contributed by atoms with E-state index in [9.17, 15) is 18.0 Å². The van der Waals surface area contributed by atoms with Crippen LogP contribution >= 0.6 is 23.2 Å². The number of alkyl halides is 3. The van der Waals surface area contributed by atoms with Crippen molar-refractivity contribution in [1.29, 1.82) is 0 Å². The Bertz CT molecular complexity index is 813. The second-order valence-corrected chi connectivity index (χ2v) is 6.34. The molecule has 2 aromatic rings. The van der Waals surface area contributed by atoms with Gasteiger partial charge in [0.2, 0.25) is 5.91 Å². The van der Waals surface area contributed by atoms with Crippen LogP contribution in [0.4, 0.5) is 18.9 Å². The molecule has 0 spiro atoms. The number of nitrogens with one attached hydrogen (secondary N) is 1. The molecule has 9 heteroatoms. The van der Waals surface area contributed by atoms with Gasteiger partial charge in [-0.2, -0.15) is 13.2 Å². The second kappa shape index (κ2) is 9.30. The molecule has 0 radical (unpaired) electrons. The van der Waals surface area contributed by atoms with Crippen molar-refractivity contribution >= 4 is 34.8 Å². The summed E-state index contributed by atoms with van der Waals surface area (Å²) in [6.07, 6.45) is -4.64. The lowest BCUT2D eigenvalue weighted by atomic mass is 10.1. The van der Waals surface area contributed by atoms with Gasteiger partial charge >= 0.3 is 6.18 Å². The normalized spacial score (nSPS) is 11.3. The van der Waals surface area contributed by atoms with Crippen molar-refractivity contribution in [3.05, 3.63) is 57.6 Å². The average Bonchev–Trinajstić information content (AvgIpc) is 2.58. The Morgan fingerprint density at radius 2 is 1.81 bits per heavy atom. The van der Waals surface area contributed by atoms with Crippen LogP contribution in [0.1, 0.15) is 11.1 Å². The first-order valence-electron chi connectivity index (χ1n) is 7.77. The summed E-state index contributed by atoms with van der Waals surface area (Å²) in [5.41, 5.74) is -0.409. The zero-order chi connectivity index (χ0) is 20.0. The lowest BCUT2D eigenvalue weighted by Crippen LogP contribution is -2.17. The summed E-state index contributed by atoms with van der Waals surface area (Å²) in [5, 5.41) is 3.07. The molecule has 146 valence electrons. The zero-order valence-electron chi connectivity index (χ0n) is 14.2. The van der Waals surface area contributed by atoms with Gasteiger partial charge in [0.25, 0.3) is 0 Å². The molecule has 0 saturated heterocycles. The number of rotatable bonds is 7. The van der Waals surface area contributed by atoms with Gasteiger partial charge in [-0.3, -0.25) is 4.79 Å². The molecule has 0 unspecified atom stereocenters. The van der Waals surface area contributed by atoms with Crippen molar-refractivity contribution < 1.29 is 27.4 Å². The highest BCUT2D eigenvalue weighted by molar-refractivity contribution is 6.42. The highest BCUT2D eigenvalue weighted by Crippen LogP contribution is 2.35. The van der Waals surface area contributed by atoms with E-state index in [0.717, 1.165) is 18.2 Å². The molecule has 2 aromatic carbocycles. The van der Waals surface area contributed by atoms with Crippen molar-refractivity contribution in [3.8, 4) is 5.75 Å². The molecule has 0 aliphatic rings. The highest BCUT2D eigenvalue weighted by atomic mass is 35.5. The van der Waals surface area contributed by atoms with E-state index < -0.39 is 17.6 Å². The van der Waals surface area contributed by atoms with Crippen LogP contribution < -0.4 is 10.1 Å². The predicted molar refractivity (Wildman–Crippen MR) is 97.6 cm³/mol. The van der Waals surface area contributed by atoms with Crippen LogP contribution in [0, 0.1) is 0 Å². The van der Waals surface area contributed by atoms with Crippen LogP contribution in [0.3, 0.4) is 0 Å². The van der Waals surface area contributed by atoms with Gasteiger partial charge in [-0.15, -0.1) is 0 Å². The van der Waals surface area contributed by atoms with E-state index in [1.807, 2.05) is 0 Å². The van der Waals surface area contributed by atoms with Crippen molar-refractivity contribution in [3.63, 3.8) is 0 Å². The van der Waals surface area contributed by atoms with Gasteiger partial charge in [0.15, 0.2) is 0 Å². The molecule has 1 N–H and O–H groups in total. The molecule has 0 heterocycles. The minimum atomic E-state index is -4.55. The smallest absolute Gasteiger partial charge is 0.416 e. The van der Waals surface area contributed by atoms with E-state index in [4.69, 9.17) is 32.7 Å². The maximum atomic E-state index is 13.0. The summed E-state index contributed by atoms with van der Waals surface area (Å²) in [6, 6.07) is 7.54. The molecule has 4 nitrogen and oxygen atoms in total. The number of ether oxygens (including phenoxy) is 2. The van der Waals surface area contributed by atoms with Crippen molar-refractivity contribution in [1.82, 2.24) is 0 Å². The number of carbonyl (C=O) groups is 1. The van der Waals surface area contributed by atoms with Gasteiger partial charge < -0.3 is 14.8 Å². The van der Waals surface area contributed by atoms with Gasteiger partial charge in [0.05, 0.1) is 34.3 Å². The lowest BCUT2D eigenvalue weighted by molar-refractivity contribution is -0.137. The maximum absolute atomic E-state index is 13.0. The molecular formula is C18H16Cl2F3NO3.